The van der Waals surface area contributed by atoms with Gasteiger partial charge in [-0.1, -0.05) is 6.08 Å². The van der Waals surface area contributed by atoms with Crippen LogP contribution in [-0.4, -0.2) is 34.7 Å². The van der Waals surface area contributed by atoms with E-state index in [-0.39, 0.29) is 6.09 Å². The molecule has 0 spiro atoms. The number of amides is 1. The molecule has 0 N–H and O–H groups in total. The van der Waals surface area contributed by atoms with Crippen molar-refractivity contribution in [2.75, 3.05) is 13.1 Å². The lowest BCUT2D eigenvalue weighted by atomic mass is 10.0. The topological polar surface area (TPSA) is 66.2 Å². The van der Waals surface area contributed by atoms with Gasteiger partial charge in [-0.2, -0.15) is 5.26 Å². The number of aromatic nitrogens is 1. The molecule has 1 aliphatic heterocycles. The molecule has 2 rings (SSSR count). The summed E-state index contributed by atoms with van der Waals surface area (Å²) < 4.78 is 5.35. The Morgan fingerprint density at radius 2 is 2.24 bits per heavy atom. The summed E-state index contributed by atoms with van der Waals surface area (Å²) in [5.74, 6) is 0. The highest BCUT2D eigenvalue weighted by Gasteiger charge is 2.24. The lowest BCUT2D eigenvalue weighted by Gasteiger charge is -2.29. The summed E-state index contributed by atoms with van der Waals surface area (Å²) in [6, 6.07) is 5.65. The van der Waals surface area contributed by atoms with Gasteiger partial charge in [-0.25, -0.2) is 4.79 Å². The minimum atomic E-state index is -0.490. The predicted molar refractivity (Wildman–Crippen MR) is 79.4 cm³/mol. The van der Waals surface area contributed by atoms with Crippen LogP contribution in [0.4, 0.5) is 4.79 Å². The quantitative estimate of drug-likeness (QED) is 0.795. The summed E-state index contributed by atoms with van der Waals surface area (Å²) in [5, 5.41) is 9.12. The van der Waals surface area contributed by atoms with Crippen LogP contribution in [0, 0.1) is 11.3 Å². The van der Waals surface area contributed by atoms with E-state index in [4.69, 9.17) is 10.00 Å². The number of carbonyl (C=O) groups is 1. The van der Waals surface area contributed by atoms with E-state index in [1.165, 1.54) is 0 Å². The number of pyridine rings is 1. The van der Waals surface area contributed by atoms with Gasteiger partial charge >= 0.3 is 6.09 Å². The Labute approximate surface area is 124 Å². The molecule has 21 heavy (non-hydrogen) atoms. The fraction of sp³-hybridized carbons (Fsp3) is 0.438. The van der Waals surface area contributed by atoms with Gasteiger partial charge in [0.1, 0.15) is 11.7 Å². The fourth-order valence-electron chi connectivity index (χ4n) is 2.13. The Balaban J connectivity index is 2.09. The molecule has 1 aromatic rings. The standard InChI is InChI=1S/C16H19N3O2/c1-16(2,3)21-15(20)19-9-6-12(7-10-19)14-13(11-17)5-4-8-18-14/h4-6,8H,7,9-10H2,1-3H3. The van der Waals surface area contributed by atoms with Gasteiger partial charge in [-0.3, -0.25) is 4.98 Å². The molecule has 0 saturated heterocycles. The molecule has 1 amide bonds. The SMILES string of the molecule is CC(C)(C)OC(=O)N1CC=C(c2ncccc2C#N)CC1. The Morgan fingerprint density at radius 3 is 2.81 bits per heavy atom. The zero-order valence-electron chi connectivity index (χ0n) is 12.6. The van der Waals surface area contributed by atoms with Crippen LogP contribution in [0.25, 0.3) is 5.57 Å². The molecule has 2 heterocycles. The van der Waals surface area contributed by atoms with Crippen LogP contribution in [0.3, 0.4) is 0 Å². The van der Waals surface area contributed by atoms with Crippen LogP contribution in [-0.2, 0) is 4.74 Å². The largest absolute Gasteiger partial charge is 0.444 e. The minimum absolute atomic E-state index is 0.306. The molecule has 0 atom stereocenters. The Hall–Kier alpha value is -2.35. The fourth-order valence-corrected chi connectivity index (χ4v) is 2.13. The van der Waals surface area contributed by atoms with Gasteiger partial charge < -0.3 is 9.64 Å². The number of hydrogen-bond donors (Lipinski definition) is 0. The first-order valence-electron chi connectivity index (χ1n) is 6.93. The van der Waals surface area contributed by atoms with E-state index in [0.717, 1.165) is 5.57 Å². The van der Waals surface area contributed by atoms with Gasteiger partial charge in [-0.15, -0.1) is 0 Å². The van der Waals surface area contributed by atoms with Gasteiger partial charge in [0.25, 0.3) is 0 Å². The summed E-state index contributed by atoms with van der Waals surface area (Å²) in [7, 11) is 0. The normalized spacial score (nSPS) is 15.1. The summed E-state index contributed by atoms with van der Waals surface area (Å²) in [6.45, 7) is 6.60. The van der Waals surface area contributed by atoms with Crippen LogP contribution in [0.1, 0.15) is 38.4 Å². The van der Waals surface area contributed by atoms with Crippen molar-refractivity contribution in [1.82, 2.24) is 9.88 Å². The van der Waals surface area contributed by atoms with Gasteiger partial charge in [0, 0.05) is 19.3 Å². The Kier molecular flexibility index (Phi) is 4.27. The number of rotatable bonds is 1. The number of carbonyl (C=O) groups excluding carboxylic acids is 1. The molecule has 110 valence electrons. The van der Waals surface area contributed by atoms with E-state index in [2.05, 4.69) is 11.1 Å². The average molecular weight is 285 g/mol. The molecule has 0 aromatic carbocycles. The third-order valence-electron chi connectivity index (χ3n) is 3.09. The van der Waals surface area contributed by atoms with Crippen LogP contribution >= 0.6 is 0 Å². The summed E-state index contributed by atoms with van der Waals surface area (Å²) in [5.41, 5.74) is 1.79. The van der Waals surface area contributed by atoms with E-state index in [0.29, 0.717) is 30.8 Å². The number of nitriles is 1. The molecule has 0 unspecified atom stereocenters. The second-order valence-electron chi connectivity index (χ2n) is 5.92. The molecule has 5 nitrogen and oxygen atoms in total. The van der Waals surface area contributed by atoms with E-state index in [1.54, 1.807) is 23.2 Å². The molecular formula is C16H19N3O2. The Bertz CT molecular complexity index is 609. The lowest BCUT2D eigenvalue weighted by Crippen LogP contribution is -2.39. The molecular weight excluding hydrogens is 266 g/mol. The summed E-state index contributed by atoms with van der Waals surface area (Å²) in [4.78, 5) is 17.9. The average Bonchev–Trinajstić information content (AvgIpc) is 2.45. The summed E-state index contributed by atoms with van der Waals surface area (Å²) in [6.07, 6.45) is 3.98. The van der Waals surface area contributed by atoms with Crippen molar-refractivity contribution in [3.05, 3.63) is 35.7 Å². The van der Waals surface area contributed by atoms with Crippen LogP contribution < -0.4 is 0 Å². The van der Waals surface area contributed by atoms with Gasteiger partial charge in [0.05, 0.1) is 11.3 Å². The van der Waals surface area contributed by atoms with Gasteiger partial charge in [-0.05, 0) is 44.9 Å². The van der Waals surface area contributed by atoms with Crippen LogP contribution in [0.5, 0.6) is 0 Å². The molecule has 5 heteroatoms. The summed E-state index contributed by atoms with van der Waals surface area (Å²) >= 11 is 0. The predicted octanol–water partition coefficient (Wildman–Crippen LogP) is 2.98. The first-order chi connectivity index (χ1) is 9.90. The van der Waals surface area contributed by atoms with Gasteiger partial charge in [0.15, 0.2) is 0 Å². The zero-order valence-corrected chi connectivity index (χ0v) is 12.6. The van der Waals surface area contributed by atoms with Crippen molar-refractivity contribution < 1.29 is 9.53 Å². The van der Waals surface area contributed by atoms with Crippen molar-refractivity contribution in [3.8, 4) is 6.07 Å². The second-order valence-corrected chi connectivity index (χ2v) is 5.92. The lowest BCUT2D eigenvalue weighted by molar-refractivity contribution is 0.0270. The zero-order chi connectivity index (χ0) is 15.5. The van der Waals surface area contributed by atoms with Crippen molar-refractivity contribution in [1.29, 1.82) is 5.26 Å². The smallest absolute Gasteiger partial charge is 0.410 e. The van der Waals surface area contributed by atoms with Crippen LogP contribution in [0.15, 0.2) is 24.4 Å². The maximum absolute atomic E-state index is 12.0. The second kappa shape index (κ2) is 5.96. The van der Waals surface area contributed by atoms with Gasteiger partial charge in [0.2, 0.25) is 0 Å². The van der Waals surface area contributed by atoms with Crippen molar-refractivity contribution in [2.24, 2.45) is 0 Å². The highest BCUT2D eigenvalue weighted by atomic mass is 16.6. The number of nitrogens with zero attached hydrogens (tertiary/aromatic N) is 3. The molecule has 0 saturated carbocycles. The molecule has 1 aliphatic rings. The maximum atomic E-state index is 12.0. The highest BCUT2D eigenvalue weighted by molar-refractivity contribution is 5.73. The highest BCUT2D eigenvalue weighted by Crippen LogP contribution is 2.24. The monoisotopic (exact) mass is 285 g/mol. The third kappa shape index (κ3) is 3.82. The number of hydrogen-bond acceptors (Lipinski definition) is 4. The van der Waals surface area contributed by atoms with E-state index >= 15 is 0 Å². The van der Waals surface area contributed by atoms with Crippen molar-refractivity contribution >= 4 is 11.7 Å². The first kappa shape index (κ1) is 15.0. The number of ether oxygens (including phenoxy) is 1. The van der Waals surface area contributed by atoms with E-state index in [1.807, 2.05) is 26.8 Å². The first-order valence-corrected chi connectivity index (χ1v) is 6.93. The third-order valence-corrected chi connectivity index (χ3v) is 3.09. The molecule has 0 radical (unpaired) electrons. The molecule has 1 aromatic heterocycles. The molecule has 0 bridgehead atoms. The Morgan fingerprint density at radius 1 is 1.48 bits per heavy atom. The van der Waals surface area contributed by atoms with E-state index < -0.39 is 5.60 Å². The van der Waals surface area contributed by atoms with Crippen LogP contribution in [0.2, 0.25) is 0 Å². The van der Waals surface area contributed by atoms with Crippen molar-refractivity contribution in [2.45, 2.75) is 32.8 Å². The maximum Gasteiger partial charge on any atom is 0.410 e. The molecule has 0 aliphatic carbocycles. The van der Waals surface area contributed by atoms with E-state index in [9.17, 15) is 4.79 Å². The molecule has 0 fully saturated rings. The minimum Gasteiger partial charge on any atom is -0.444 e. The van der Waals surface area contributed by atoms with Crippen molar-refractivity contribution in [3.63, 3.8) is 0 Å².